The second kappa shape index (κ2) is 7.26. The first kappa shape index (κ1) is 17.3. The van der Waals surface area contributed by atoms with Crippen molar-refractivity contribution in [3.05, 3.63) is 65.5 Å². The fourth-order valence-corrected chi connectivity index (χ4v) is 3.29. The standard InChI is InChI=1S/C20H18F2N4O/c21-15-7-4-3-6-14(15)20(27)23-17-12-13(9-10-16(17)22)19-25-24-18-8-2-1-5-11-26(18)19/h3-4,6-7,9-10,12H,1-2,5,8,11H2,(H,23,27). The van der Waals surface area contributed by atoms with E-state index < -0.39 is 17.5 Å². The lowest BCUT2D eigenvalue weighted by atomic mass is 10.1. The summed E-state index contributed by atoms with van der Waals surface area (Å²) in [6, 6.07) is 9.97. The average Bonchev–Trinajstić information content (AvgIpc) is 2.92. The molecule has 27 heavy (non-hydrogen) atoms. The van der Waals surface area contributed by atoms with Crippen molar-refractivity contribution >= 4 is 11.6 Å². The minimum absolute atomic E-state index is 0.0216. The van der Waals surface area contributed by atoms with Crippen LogP contribution in [0.2, 0.25) is 0 Å². The van der Waals surface area contributed by atoms with Gasteiger partial charge in [0.05, 0.1) is 11.3 Å². The minimum Gasteiger partial charge on any atom is -0.319 e. The molecule has 7 heteroatoms. The molecule has 2 heterocycles. The maximum atomic E-state index is 14.2. The first-order chi connectivity index (χ1) is 13.1. The summed E-state index contributed by atoms with van der Waals surface area (Å²) in [6.45, 7) is 0.811. The van der Waals surface area contributed by atoms with Gasteiger partial charge in [-0.1, -0.05) is 18.6 Å². The molecule has 0 saturated heterocycles. The van der Waals surface area contributed by atoms with Gasteiger partial charge in [-0.25, -0.2) is 8.78 Å². The molecule has 1 aromatic heterocycles. The first-order valence-electron chi connectivity index (χ1n) is 8.91. The van der Waals surface area contributed by atoms with Crippen molar-refractivity contribution in [2.75, 3.05) is 5.32 Å². The maximum Gasteiger partial charge on any atom is 0.258 e. The molecule has 0 unspecified atom stereocenters. The number of aryl methyl sites for hydroxylation is 1. The summed E-state index contributed by atoms with van der Waals surface area (Å²) in [5.41, 5.74) is 0.492. The highest BCUT2D eigenvalue weighted by atomic mass is 19.1. The molecule has 3 aromatic rings. The van der Waals surface area contributed by atoms with E-state index in [-0.39, 0.29) is 11.3 Å². The van der Waals surface area contributed by atoms with Crippen molar-refractivity contribution < 1.29 is 13.6 Å². The van der Waals surface area contributed by atoms with E-state index in [1.165, 1.54) is 30.3 Å². The third kappa shape index (κ3) is 3.45. The smallest absolute Gasteiger partial charge is 0.258 e. The summed E-state index contributed by atoms with van der Waals surface area (Å²) < 4.78 is 30.1. The summed E-state index contributed by atoms with van der Waals surface area (Å²) in [4.78, 5) is 12.3. The van der Waals surface area contributed by atoms with Crippen LogP contribution in [-0.4, -0.2) is 20.7 Å². The van der Waals surface area contributed by atoms with Crippen LogP contribution in [0.1, 0.15) is 35.4 Å². The van der Waals surface area contributed by atoms with Crippen LogP contribution in [-0.2, 0) is 13.0 Å². The van der Waals surface area contributed by atoms with E-state index in [2.05, 4.69) is 15.5 Å². The Labute approximate surface area is 155 Å². The maximum absolute atomic E-state index is 14.2. The van der Waals surface area contributed by atoms with Crippen LogP contribution in [0.3, 0.4) is 0 Å². The van der Waals surface area contributed by atoms with Gasteiger partial charge in [-0.15, -0.1) is 10.2 Å². The second-order valence-corrected chi connectivity index (χ2v) is 6.53. The average molecular weight is 368 g/mol. The number of nitrogens with zero attached hydrogens (tertiary/aromatic N) is 3. The summed E-state index contributed by atoms with van der Waals surface area (Å²) >= 11 is 0. The van der Waals surface area contributed by atoms with E-state index in [1.54, 1.807) is 12.1 Å². The monoisotopic (exact) mass is 368 g/mol. The summed E-state index contributed by atoms with van der Waals surface area (Å²) in [5.74, 6) is -0.394. The number of carbonyl (C=O) groups is 1. The number of nitrogens with one attached hydrogen (secondary N) is 1. The van der Waals surface area contributed by atoms with Crippen LogP contribution in [0.5, 0.6) is 0 Å². The van der Waals surface area contributed by atoms with Crippen molar-refractivity contribution in [1.29, 1.82) is 0 Å². The van der Waals surface area contributed by atoms with E-state index >= 15 is 0 Å². The molecule has 1 amide bonds. The Bertz CT molecular complexity index is 999. The Morgan fingerprint density at radius 3 is 2.70 bits per heavy atom. The van der Waals surface area contributed by atoms with E-state index in [9.17, 15) is 13.6 Å². The summed E-state index contributed by atoms with van der Waals surface area (Å²) in [6.07, 6.45) is 4.11. The Morgan fingerprint density at radius 1 is 1.00 bits per heavy atom. The third-order valence-corrected chi connectivity index (χ3v) is 4.70. The predicted molar refractivity (Wildman–Crippen MR) is 97.3 cm³/mol. The molecule has 5 nitrogen and oxygen atoms in total. The van der Waals surface area contributed by atoms with E-state index in [4.69, 9.17) is 0 Å². The fraction of sp³-hybridized carbons (Fsp3) is 0.250. The lowest BCUT2D eigenvalue weighted by Crippen LogP contribution is -2.14. The van der Waals surface area contributed by atoms with Crippen molar-refractivity contribution in [2.24, 2.45) is 0 Å². The Hall–Kier alpha value is -3.09. The van der Waals surface area contributed by atoms with Gasteiger partial charge in [0.1, 0.15) is 17.5 Å². The number of halogens is 2. The van der Waals surface area contributed by atoms with Gasteiger partial charge in [-0.3, -0.25) is 4.79 Å². The predicted octanol–water partition coefficient (Wildman–Crippen LogP) is 4.20. The summed E-state index contributed by atoms with van der Waals surface area (Å²) in [5, 5.41) is 10.9. The zero-order valence-electron chi connectivity index (χ0n) is 14.6. The van der Waals surface area contributed by atoms with Crippen LogP contribution in [0.25, 0.3) is 11.4 Å². The van der Waals surface area contributed by atoms with Gasteiger partial charge in [0.25, 0.3) is 5.91 Å². The van der Waals surface area contributed by atoms with Gasteiger partial charge >= 0.3 is 0 Å². The molecule has 0 saturated carbocycles. The van der Waals surface area contributed by atoms with Gasteiger partial charge in [-0.05, 0) is 43.2 Å². The molecule has 0 bridgehead atoms. The van der Waals surface area contributed by atoms with Crippen LogP contribution >= 0.6 is 0 Å². The SMILES string of the molecule is O=C(Nc1cc(-c2nnc3n2CCCCC3)ccc1F)c1ccccc1F. The molecule has 1 N–H and O–H groups in total. The van der Waals surface area contributed by atoms with E-state index in [1.807, 2.05) is 4.57 Å². The second-order valence-electron chi connectivity index (χ2n) is 6.53. The molecule has 2 aromatic carbocycles. The largest absolute Gasteiger partial charge is 0.319 e. The van der Waals surface area contributed by atoms with Crippen molar-refractivity contribution in [1.82, 2.24) is 14.8 Å². The molecule has 0 atom stereocenters. The fourth-order valence-electron chi connectivity index (χ4n) is 3.29. The number of benzene rings is 2. The van der Waals surface area contributed by atoms with Crippen molar-refractivity contribution in [3.63, 3.8) is 0 Å². The molecule has 0 aliphatic carbocycles. The van der Waals surface area contributed by atoms with Crippen molar-refractivity contribution in [2.45, 2.75) is 32.2 Å². The number of aromatic nitrogens is 3. The molecule has 4 rings (SSSR count). The molecular weight excluding hydrogens is 350 g/mol. The molecule has 0 spiro atoms. The molecule has 1 aliphatic heterocycles. The highest BCUT2D eigenvalue weighted by Crippen LogP contribution is 2.27. The van der Waals surface area contributed by atoms with Crippen LogP contribution < -0.4 is 5.32 Å². The quantitative estimate of drug-likeness (QED) is 0.754. The van der Waals surface area contributed by atoms with Gasteiger partial charge in [0.2, 0.25) is 0 Å². The van der Waals surface area contributed by atoms with E-state index in [0.29, 0.717) is 11.4 Å². The highest BCUT2D eigenvalue weighted by Gasteiger charge is 2.18. The summed E-state index contributed by atoms with van der Waals surface area (Å²) in [7, 11) is 0. The topological polar surface area (TPSA) is 59.8 Å². The Kier molecular flexibility index (Phi) is 4.66. The van der Waals surface area contributed by atoms with Gasteiger partial charge in [0.15, 0.2) is 5.82 Å². The lowest BCUT2D eigenvalue weighted by molar-refractivity contribution is 0.102. The zero-order chi connectivity index (χ0) is 18.8. The van der Waals surface area contributed by atoms with Gasteiger partial charge in [-0.2, -0.15) is 0 Å². The van der Waals surface area contributed by atoms with Gasteiger partial charge < -0.3 is 9.88 Å². The Balaban J connectivity index is 1.66. The number of hydrogen-bond acceptors (Lipinski definition) is 3. The number of fused-ring (bicyclic) bond motifs is 1. The number of carbonyl (C=O) groups excluding carboxylic acids is 1. The molecule has 138 valence electrons. The van der Waals surface area contributed by atoms with Gasteiger partial charge in [0, 0.05) is 18.5 Å². The Morgan fingerprint density at radius 2 is 1.85 bits per heavy atom. The number of hydrogen-bond donors (Lipinski definition) is 1. The third-order valence-electron chi connectivity index (χ3n) is 4.70. The number of rotatable bonds is 3. The molecule has 0 radical (unpaired) electrons. The molecule has 0 fully saturated rings. The first-order valence-corrected chi connectivity index (χ1v) is 8.91. The molecular formula is C20H18F2N4O. The number of anilines is 1. The minimum atomic E-state index is -0.704. The van der Waals surface area contributed by atoms with E-state index in [0.717, 1.165) is 38.1 Å². The van der Waals surface area contributed by atoms with Crippen LogP contribution in [0.4, 0.5) is 14.5 Å². The zero-order valence-corrected chi connectivity index (χ0v) is 14.6. The highest BCUT2D eigenvalue weighted by molar-refractivity contribution is 6.04. The van der Waals surface area contributed by atoms with Crippen LogP contribution in [0, 0.1) is 11.6 Å². The normalized spacial score (nSPS) is 13.7. The number of amides is 1. The van der Waals surface area contributed by atoms with Crippen LogP contribution in [0.15, 0.2) is 42.5 Å². The lowest BCUT2D eigenvalue weighted by Gasteiger charge is -2.11. The van der Waals surface area contributed by atoms with Crippen molar-refractivity contribution in [3.8, 4) is 11.4 Å². The molecule has 1 aliphatic rings.